The maximum absolute atomic E-state index is 13.3. The molecule has 0 saturated heterocycles. The van der Waals surface area contributed by atoms with E-state index in [4.69, 9.17) is 0 Å². The van der Waals surface area contributed by atoms with E-state index in [9.17, 15) is 4.39 Å². The fourth-order valence-corrected chi connectivity index (χ4v) is 2.45. The molecule has 0 spiro atoms. The summed E-state index contributed by atoms with van der Waals surface area (Å²) in [5, 5.41) is 3.21. The van der Waals surface area contributed by atoms with Gasteiger partial charge in [0.1, 0.15) is 11.6 Å². The van der Waals surface area contributed by atoms with Gasteiger partial charge < -0.3 is 5.32 Å². The second-order valence-corrected chi connectivity index (χ2v) is 5.24. The number of anilines is 1. The molecule has 20 heavy (non-hydrogen) atoms. The lowest BCUT2D eigenvalue weighted by molar-refractivity contribution is 0.628. The van der Waals surface area contributed by atoms with Crippen LogP contribution in [0.25, 0.3) is 11.4 Å². The molecular formula is C15H17BrFN3. The van der Waals surface area contributed by atoms with Gasteiger partial charge in [-0.1, -0.05) is 25.5 Å². The Bertz CT molecular complexity index is 574. The van der Waals surface area contributed by atoms with E-state index in [1.165, 1.54) is 12.1 Å². The molecule has 5 heteroatoms. The van der Waals surface area contributed by atoms with Crippen LogP contribution in [0.1, 0.15) is 26.0 Å². The minimum Gasteiger partial charge on any atom is -0.369 e. The van der Waals surface area contributed by atoms with Crippen molar-refractivity contribution < 1.29 is 4.39 Å². The van der Waals surface area contributed by atoms with Gasteiger partial charge in [0.2, 0.25) is 0 Å². The van der Waals surface area contributed by atoms with E-state index in [-0.39, 0.29) is 5.82 Å². The predicted molar refractivity (Wildman–Crippen MR) is 83.3 cm³/mol. The van der Waals surface area contributed by atoms with Crippen LogP contribution in [0.3, 0.4) is 0 Å². The predicted octanol–water partition coefficient (Wildman–Crippen LogP) is 4.43. The Morgan fingerprint density at radius 1 is 1.25 bits per heavy atom. The third-order valence-electron chi connectivity index (χ3n) is 2.83. The van der Waals surface area contributed by atoms with Gasteiger partial charge >= 0.3 is 0 Å². The van der Waals surface area contributed by atoms with Gasteiger partial charge in [0.25, 0.3) is 0 Å². The number of rotatable bonds is 5. The Morgan fingerprint density at radius 3 is 2.70 bits per heavy atom. The first kappa shape index (κ1) is 14.9. The van der Waals surface area contributed by atoms with Crippen LogP contribution >= 0.6 is 15.9 Å². The van der Waals surface area contributed by atoms with Gasteiger partial charge in [-0.25, -0.2) is 14.4 Å². The first-order valence-electron chi connectivity index (χ1n) is 6.72. The molecule has 2 rings (SSSR count). The third kappa shape index (κ3) is 3.33. The lowest BCUT2D eigenvalue weighted by Gasteiger charge is -2.12. The molecule has 3 nitrogen and oxygen atoms in total. The van der Waals surface area contributed by atoms with Crippen LogP contribution in [0, 0.1) is 5.82 Å². The van der Waals surface area contributed by atoms with Gasteiger partial charge in [-0.05, 0) is 41.4 Å². The summed E-state index contributed by atoms with van der Waals surface area (Å²) < 4.78 is 14.2. The van der Waals surface area contributed by atoms with Crippen LogP contribution in [0.4, 0.5) is 10.2 Å². The lowest BCUT2D eigenvalue weighted by Crippen LogP contribution is -2.06. The van der Waals surface area contributed by atoms with Crippen LogP contribution in [-0.4, -0.2) is 16.5 Å². The molecule has 0 aliphatic carbocycles. The summed E-state index contributed by atoms with van der Waals surface area (Å²) >= 11 is 3.54. The van der Waals surface area contributed by atoms with Crippen molar-refractivity contribution in [1.29, 1.82) is 0 Å². The topological polar surface area (TPSA) is 37.8 Å². The quantitative estimate of drug-likeness (QED) is 0.876. The molecule has 1 N–H and O–H groups in total. The molecule has 0 bridgehead atoms. The molecule has 0 aliphatic rings. The monoisotopic (exact) mass is 337 g/mol. The number of aryl methyl sites for hydroxylation is 1. The third-order valence-corrected chi connectivity index (χ3v) is 3.67. The first-order chi connectivity index (χ1) is 9.65. The summed E-state index contributed by atoms with van der Waals surface area (Å²) in [6.07, 6.45) is 1.84. The molecule has 1 heterocycles. The number of nitrogens with zero attached hydrogens (tertiary/aromatic N) is 2. The molecule has 0 fully saturated rings. The SMILES string of the molecule is CCCc1nc(-c2cccc(F)c2)nc(NCC)c1Br. The average Bonchev–Trinajstić information content (AvgIpc) is 2.43. The Balaban J connectivity index is 2.52. The van der Waals surface area contributed by atoms with Crippen LogP contribution in [0.15, 0.2) is 28.7 Å². The Morgan fingerprint density at radius 2 is 2.05 bits per heavy atom. The summed E-state index contributed by atoms with van der Waals surface area (Å²) in [5.41, 5.74) is 1.63. The first-order valence-corrected chi connectivity index (χ1v) is 7.51. The highest BCUT2D eigenvalue weighted by atomic mass is 79.9. The van der Waals surface area contributed by atoms with E-state index in [0.29, 0.717) is 11.4 Å². The number of hydrogen-bond acceptors (Lipinski definition) is 3. The largest absolute Gasteiger partial charge is 0.369 e. The molecule has 0 amide bonds. The van der Waals surface area contributed by atoms with Crippen molar-refractivity contribution in [2.24, 2.45) is 0 Å². The zero-order valence-electron chi connectivity index (χ0n) is 11.6. The Labute approximate surface area is 126 Å². The van der Waals surface area contributed by atoms with Crippen molar-refractivity contribution >= 4 is 21.7 Å². The Hall–Kier alpha value is -1.49. The van der Waals surface area contributed by atoms with E-state index >= 15 is 0 Å². The fraction of sp³-hybridized carbons (Fsp3) is 0.333. The van der Waals surface area contributed by atoms with E-state index < -0.39 is 0 Å². The molecule has 106 valence electrons. The van der Waals surface area contributed by atoms with Gasteiger partial charge in [0.15, 0.2) is 5.82 Å². The van der Waals surface area contributed by atoms with E-state index in [2.05, 4.69) is 38.1 Å². The van der Waals surface area contributed by atoms with Crippen molar-refractivity contribution in [2.75, 3.05) is 11.9 Å². The second-order valence-electron chi connectivity index (χ2n) is 4.45. The van der Waals surface area contributed by atoms with Gasteiger partial charge in [0, 0.05) is 12.1 Å². The van der Waals surface area contributed by atoms with Gasteiger partial charge in [0.05, 0.1) is 10.2 Å². The molecule has 0 aliphatic heterocycles. The molecule has 1 aromatic heterocycles. The molecule has 0 radical (unpaired) electrons. The summed E-state index contributed by atoms with van der Waals surface area (Å²) in [4.78, 5) is 9.03. The fourth-order valence-electron chi connectivity index (χ4n) is 1.94. The highest BCUT2D eigenvalue weighted by Crippen LogP contribution is 2.28. The van der Waals surface area contributed by atoms with Crippen LogP contribution in [0.2, 0.25) is 0 Å². The van der Waals surface area contributed by atoms with Crippen molar-refractivity contribution in [3.63, 3.8) is 0 Å². The number of halogens is 2. The highest BCUT2D eigenvalue weighted by Gasteiger charge is 2.13. The summed E-state index contributed by atoms with van der Waals surface area (Å²) in [6, 6.07) is 6.36. The summed E-state index contributed by atoms with van der Waals surface area (Å²) in [7, 11) is 0. The van der Waals surface area contributed by atoms with Crippen molar-refractivity contribution in [3.05, 3.63) is 40.2 Å². The Kier molecular flexibility index (Phi) is 5.06. The highest BCUT2D eigenvalue weighted by molar-refractivity contribution is 9.10. The maximum Gasteiger partial charge on any atom is 0.161 e. The summed E-state index contributed by atoms with van der Waals surface area (Å²) in [6.45, 7) is 4.88. The van der Waals surface area contributed by atoms with Gasteiger partial charge in [-0.2, -0.15) is 0 Å². The van der Waals surface area contributed by atoms with E-state index in [1.807, 2.05) is 13.0 Å². The van der Waals surface area contributed by atoms with Crippen molar-refractivity contribution in [2.45, 2.75) is 26.7 Å². The number of hydrogen-bond donors (Lipinski definition) is 1. The van der Waals surface area contributed by atoms with Crippen LogP contribution in [-0.2, 0) is 6.42 Å². The normalized spacial score (nSPS) is 10.6. The zero-order valence-corrected chi connectivity index (χ0v) is 13.2. The van der Waals surface area contributed by atoms with Crippen molar-refractivity contribution in [3.8, 4) is 11.4 Å². The molecule has 0 unspecified atom stereocenters. The molecule has 0 atom stereocenters. The van der Waals surface area contributed by atoms with Crippen molar-refractivity contribution in [1.82, 2.24) is 9.97 Å². The smallest absolute Gasteiger partial charge is 0.161 e. The minimum absolute atomic E-state index is 0.281. The summed E-state index contributed by atoms with van der Waals surface area (Å²) in [5.74, 6) is 1.02. The van der Waals surface area contributed by atoms with Gasteiger partial charge in [-0.3, -0.25) is 0 Å². The van der Waals surface area contributed by atoms with E-state index in [0.717, 1.165) is 35.4 Å². The lowest BCUT2D eigenvalue weighted by atomic mass is 10.2. The van der Waals surface area contributed by atoms with Crippen LogP contribution < -0.4 is 5.32 Å². The minimum atomic E-state index is -0.281. The molecule has 1 aromatic carbocycles. The molecular weight excluding hydrogens is 321 g/mol. The number of aromatic nitrogens is 2. The van der Waals surface area contributed by atoms with E-state index in [1.54, 1.807) is 6.07 Å². The molecule has 2 aromatic rings. The number of benzene rings is 1. The zero-order chi connectivity index (χ0) is 14.5. The molecule has 0 saturated carbocycles. The number of nitrogens with one attached hydrogen (secondary N) is 1. The second kappa shape index (κ2) is 6.79. The van der Waals surface area contributed by atoms with Gasteiger partial charge in [-0.15, -0.1) is 0 Å². The average molecular weight is 338 g/mol. The maximum atomic E-state index is 13.3. The standard InChI is InChI=1S/C15H17BrFN3/c1-3-6-12-13(16)15(18-4-2)20-14(19-12)10-7-5-8-11(17)9-10/h5,7-9H,3-4,6H2,1-2H3,(H,18,19,20). The van der Waals surface area contributed by atoms with Crippen LogP contribution in [0.5, 0.6) is 0 Å².